The van der Waals surface area contributed by atoms with Crippen LogP contribution in [0.1, 0.15) is 11.3 Å². The van der Waals surface area contributed by atoms with Gasteiger partial charge in [-0.15, -0.1) is 0 Å². The molecule has 0 aliphatic carbocycles. The Bertz CT molecular complexity index is 906. The van der Waals surface area contributed by atoms with Crippen molar-refractivity contribution in [3.8, 4) is 5.75 Å². The van der Waals surface area contributed by atoms with E-state index in [-0.39, 0.29) is 5.56 Å². The molecule has 0 radical (unpaired) electrons. The van der Waals surface area contributed by atoms with Gasteiger partial charge in [0.15, 0.2) is 0 Å². The Balaban J connectivity index is 1.76. The van der Waals surface area contributed by atoms with E-state index in [4.69, 9.17) is 16.3 Å². The molecular weight excluding hydrogens is 326 g/mol. The van der Waals surface area contributed by atoms with Crippen LogP contribution in [0.25, 0.3) is 5.65 Å². The number of rotatable bonds is 5. The molecule has 0 bridgehead atoms. The number of hydrogen-bond acceptors (Lipinski definition) is 4. The number of halogens is 1. The van der Waals surface area contributed by atoms with Gasteiger partial charge in [-0.3, -0.25) is 14.1 Å². The van der Waals surface area contributed by atoms with Crippen molar-refractivity contribution in [2.45, 2.75) is 13.1 Å². The molecular formula is C18H18ClN3O2. The third kappa shape index (κ3) is 3.75. The van der Waals surface area contributed by atoms with Gasteiger partial charge in [0.1, 0.15) is 11.4 Å². The van der Waals surface area contributed by atoms with Gasteiger partial charge in [-0.2, -0.15) is 0 Å². The number of benzene rings is 1. The SMILES string of the molecule is COc1ccc(CN(C)Cc2cc(=O)n3cc(Cl)ccc3n2)cc1. The predicted octanol–water partition coefficient (Wildman–Crippen LogP) is 2.99. The summed E-state index contributed by atoms with van der Waals surface area (Å²) in [4.78, 5) is 18.8. The molecule has 0 saturated carbocycles. The normalized spacial score (nSPS) is 11.2. The second-order valence-electron chi connectivity index (χ2n) is 5.68. The molecule has 6 heteroatoms. The number of methoxy groups -OCH3 is 1. The zero-order valence-electron chi connectivity index (χ0n) is 13.6. The van der Waals surface area contributed by atoms with E-state index >= 15 is 0 Å². The summed E-state index contributed by atoms with van der Waals surface area (Å²) in [5.41, 5.74) is 2.37. The first-order chi connectivity index (χ1) is 11.5. The van der Waals surface area contributed by atoms with E-state index in [1.165, 1.54) is 9.96 Å². The molecule has 2 aromatic heterocycles. The van der Waals surface area contributed by atoms with Crippen molar-refractivity contribution in [2.75, 3.05) is 14.2 Å². The minimum Gasteiger partial charge on any atom is -0.497 e. The summed E-state index contributed by atoms with van der Waals surface area (Å²) < 4.78 is 6.62. The number of fused-ring (bicyclic) bond motifs is 1. The molecule has 0 saturated heterocycles. The van der Waals surface area contributed by atoms with Crippen LogP contribution < -0.4 is 10.3 Å². The predicted molar refractivity (Wildman–Crippen MR) is 94.6 cm³/mol. The Hall–Kier alpha value is -2.37. The van der Waals surface area contributed by atoms with Crippen LogP contribution >= 0.6 is 11.6 Å². The molecule has 0 N–H and O–H groups in total. The van der Waals surface area contributed by atoms with Gasteiger partial charge in [0.2, 0.25) is 0 Å². The molecule has 1 aromatic carbocycles. The summed E-state index contributed by atoms with van der Waals surface area (Å²) >= 11 is 5.92. The molecule has 0 spiro atoms. The van der Waals surface area contributed by atoms with Crippen LogP contribution in [0.15, 0.2) is 53.5 Å². The van der Waals surface area contributed by atoms with E-state index in [1.54, 1.807) is 31.5 Å². The lowest BCUT2D eigenvalue weighted by Crippen LogP contribution is -2.21. The first kappa shape index (κ1) is 16.5. The number of ether oxygens (including phenoxy) is 1. The smallest absolute Gasteiger partial charge is 0.258 e. The van der Waals surface area contributed by atoms with Crippen molar-refractivity contribution in [3.05, 3.63) is 75.3 Å². The monoisotopic (exact) mass is 343 g/mol. The van der Waals surface area contributed by atoms with Crippen LogP contribution in [0.5, 0.6) is 5.75 Å². The van der Waals surface area contributed by atoms with Crippen LogP contribution in [0.4, 0.5) is 0 Å². The highest BCUT2D eigenvalue weighted by Crippen LogP contribution is 2.14. The molecule has 0 atom stereocenters. The summed E-state index contributed by atoms with van der Waals surface area (Å²) in [5, 5.41) is 0.510. The Kier molecular flexibility index (Phi) is 4.83. The first-order valence-electron chi connectivity index (χ1n) is 7.54. The van der Waals surface area contributed by atoms with Gasteiger partial charge in [0.05, 0.1) is 17.8 Å². The van der Waals surface area contributed by atoms with E-state index in [2.05, 4.69) is 9.88 Å². The molecule has 24 heavy (non-hydrogen) atoms. The average molecular weight is 344 g/mol. The van der Waals surface area contributed by atoms with Gasteiger partial charge in [0.25, 0.3) is 5.56 Å². The molecule has 124 valence electrons. The second-order valence-corrected chi connectivity index (χ2v) is 6.12. The lowest BCUT2D eigenvalue weighted by molar-refractivity contribution is 0.315. The highest BCUT2D eigenvalue weighted by Gasteiger charge is 2.07. The molecule has 5 nitrogen and oxygen atoms in total. The fourth-order valence-electron chi connectivity index (χ4n) is 2.58. The first-order valence-corrected chi connectivity index (χ1v) is 7.92. The van der Waals surface area contributed by atoms with E-state index in [0.29, 0.717) is 17.2 Å². The Morgan fingerprint density at radius 1 is 1.17 bits per heavy atom. The zero-order chi connectivity index (χ0) is 17.1. The van der Waals surface area contributed by atoms with E-state index in [0.717, 1.165) is 18.0 Å². The zero-order valence-corrected chi connectivity index (χ0v) is 14.3. The van der Waals surface area contributed by atoms with E-state index < -0.39 is 0 Å². The summed E-state index contributed by atoms with van der Waals surface area (Å²) in [6.07, 6.45) is 1.58. The summed E-state index contributed by atoms with van der Waals surface area (Å²) in [7, 11) is 3.65. The average Bonchev–Trinajstić information content (AvgIpc) is 2.56. The van der Waals surface area contributed by atoms with Crippen molar-refractivity contribution in [1.29, 1.82) is 0 Å². The van der Waals surface area contributed by atoms with Gasteiger partial charge in [0, 0.05) is 25.4 Å². The number of nitrogens with zero attached hydrogens (tertiary/aromatic N) is 3. The summed E-state index contributed by atoms with van der Waals surface area (Å²) in [5.74, 6) is 0.837. The van der Waals surface area contributed by atoms with Gasteiger partial charge in [-0.1, -0.05) is 23.7 Å². The lowest BCUT2D eigenvalue weighted by atomic mass is 10.2. The van der Waals surface area contributed by atoms with Crippen LogP contribution in [-0.2, 0) is 13.1 Å². The standard InChI is InChI=1S/C18H18ClN3O2/c1-21(10-13-3-6-16(24-2)7-4-13)12-15-9-18(23)22-11-14(19)5-8-17(22)20-15/h3-9,11H,10,12H2,1-2H3. The maximum atomic E-state index is 12.2. The Morgan fingerprint density at radius 2 is 1.92 bits per heavy atom. The maximum Gasteiger partial charge on any atom is 0.258 e. The van der Waals surface area contributed by atoms with Crippen molar-refractivity contribution in [3.63, 3.8) is 0 Å². The highest BCUT2D eigenvalue weighted by molar-refractivity contribution is 6.30. The topological polar surface area (TPSA) is 46.8 Å². The van der Waals surface area contributed by atoms with Gasteiger partial charge >= 0.3 is 0 Å². The molecule has 0 aliphatic heterocycles. The largest absolute Gasteiger partial charge is 0.497 e. The number of pyridine rings is 1. The maximum absolute atomic E-state index is 12.2. The van der Waals surface area contributed by atoms with Gasteiger partial charge in [-0.25, -0.2) is 4.98 Å². The number of aromatic nitrogens is 2. The molecule has 0 aliphatic rings. The van der Waals surface area contributed by atoms with Gasteiger partial charge < -0.3 is 4.74 Å². The quantitative estimate of drug-likeness (QED) is 0.714. The van der Waals surface area contributed by atoms with Crippen LogP contribution in [0, 0.1) is 0 Å². The minimum atomic E-state index is -0.129. The van der Waals surface area contributed by atoms with Crippen LogP contribution in [0.3, 0.4) is 0 Å². The van der Waals surface area contributed by atoms with Crippen molar-refractivity contribution >= 4 is 17.2 Å². The molecule has 2 heterocycles. The minimum absolute atomic E-state index is 0.129. The van der Waals surface area contributed by atoms with Crippen LogP contribution in [0.2, 0.25) is 5.02 Å². The lowest BCUT2D eigenvalue weighted by Gasteiger charge is -2.16. The molecule has 0 unspecified atom stereocenters. The van der Waals surface area contributed by atoms with E-state index in [1.807, 2.05) is 31.3 Å². The van der Waals surface area contributed by atoms with Gasteiger partial charge in [-0.05, 0) is 36.9 Å². The molecule has 3 aromatic rings. The highest BCUT2D eigenvalue weighted by atomic mass is 35.5. The summed E-state index contributed by atoms with van der Waals surface area (Å²) in [6.45, 7) is 1.34. The second kappa shape index (κ2) is 7.03. The van der Waals surface area contributed by atoms with E-state index in [9.17, 15) is 4.79 Å². The fourth-order valence-corrected chi connectivity index (χ4v) is 2.74. The van der Waals surface area contributed by atoms with Crippen molar-refractivity contribution in [2.24, 2.45) is 0 Å². The Morgan fingerprint density at radius 3 is 2.62 bits per heavy atom. The molecule has 3 rings (SSSR count). The third-order valence-corrected chi connectivity index (χ3v) is 3.94. The molecule has 0 fully saturated rings. The molecule has 0 amide bonds. The third-order valence-electron chi connectivity index (χ3n) is 3.72. The number of hydrogen-bond donors (Lipinski definition) is 0. The summed E-state index contributed by atoms with van der Waals surface area (Å²) in [6, 6.07) is 13.0. The Labute approximate surface area is 145 Å². The van der Waals surface area contributed by atoms with Crippen molar-refractivity contribution in [1.82, 2.24) is 14.3 Å². The fraction of sp³-hybridized carbons (Fsp3) is 0.222. The van der Waals surface area contributed by atoms with Crippen LogP contribution in [-0.4, -0.2) is 28.4 Å². The van der Waals surface area contributed by atoms with Crippen molar-refractivity contribution < 1.29 is 4.74 Å².